The molecule has 0 saturated heterocycles. The van der Waals surface area contributed by atoms with E-state index < -0.39 is 0 Å². The first-order valence-corrected chi connectivity index (χ1v) is 10.3. The molecule has 0 radical (unpaired) electrons. The molecular formula is C18H25N5OS. The van der Waals surface area contributed by atoms with Gasteiger partial charge in [-0.3, -0.25) is 4.79 Å². The third kappa shape index (κ3) is 3.38. The fraction of sp³-hybridized carbons (Fsp3) is 0.667. The Morgan fingerprint density at radius 3 is 2.64 bits per heavy atom. The molecule has 2 saturated carbocycles. The fourth-order valence-corrected chi connectivity index (χ4v) is 4.82. The molecule has 0 spiro atoms. The second-order valence-corrected chi connectivity index (χ2v) is 8.24. The highest BCUT2D eigenvalue weighted by Gasteiger charge is 2.28. The Bertz CT molecular complexity index is 771. The minimum Gasteiger partial charge on any atom is -0.345 e. The first-order chi connectivity index (χ1) is 12.1. The van der Waals surface area contributed by atoms with Crippen molar-refractivity contribution < 1.29 is 4.79 Å². The van der Waals surface area contributed by atoms with Crippen LogP contribution in [0.4, 0.5) is 0 Å². The van der Waals surface area contributed by atoms with Gasteiger partial charge in [-0.2, -0.15) is 0 Å². The van der Waals surface area contributed by atoms with Crippen molar-refractivity contribution in [3.63, 3.8) is 0 Å². The van der Waals surface area contributed by atoms with Crippen molar-refractivity contribution in [1.29, 1.82) is 0 Å². The molecule has 2 fully saturated rings. The maximum atomic E-state index is 12.7. The number of ketones is 1. The van der Waals surface area contributed by atoms with Gasteiger partial charge < -0.3 is 4.57 Å². The number of aromatic nitrogens is 5. The zero-order chi connectivity index (χ0) is 17.4. The van der Waals surface area contributed by atoms with Crippen LogP contribution >= 0.6 is 11.8 Å². The smallest absolute Gasteiger partial charge is 0.210 e. The van der Waals surface area contributed by atoms with Crippen LogP contribution in [0.2, 0.25) is 0 Å². The van der Waals surface area contributed by atoms with Crippen LogP contribution in [0.1, 0.15) is 78.8 Å². The third-order valence-corrected chi connectivity index (χ3v) is 6.35. The Morgan fingerprint density at radius 1 is 1.16 bits per heavy atom. The van der Waals surface area contributed by atoms with Crippen LogP contribution in [-0.4, -0.2) is 36.3 Å². The van der Waals surface area contributed by atoms with Gasteiger partial charge in [0.05, 0.1) is 11.8 Å². The molecule has 0 unspecified atom stereocenters. The highest BCUT2D eigenvalue weighted by molar-refractivity contribution is 7.99. The van der Waals surface area contributed by atoms with Gasteiger partial charge in [0.1, 0.15) is 0 Å². The lowest BCUT2D eigenvalue weighted by molar-refractivity contribution is 0.102. The minimum absolute atomic E-state index is 0.170. The van der Waals surface area contributed by atoms with Crippen LogP contribution < -0.4 is 0 Å². The second-order valence-electron chi connectivity index (χ2n) is 7.30. The Kier molecular flexibility index (Phi) is 4.67. The molecular weight excluding hydrogens is 334 g/mol. The topological polar surface area (TPSA) is 65.6 Å². The molecule has 25 heavy (non-hydrogen) atoms. The number of hydrogen-bond donors (Lipinski definition) is 0. The van der Waals surface area contributed by atoms with Crippen molar-refractivity contribution in [2.45, 2.75) is 76.0 Å². The molecule has 2 aromatic heterocycles. The summed E-state index contributed by atoms with van der Waals surface area (Å²) in [5, 5.41) is 12.9. The van der Waals surface area contributed by atoms with Crippen LogP contribution in [0.25, 0.3) is 0 Å². The van der Waals surface area contributed by atoms with Crippen molar-refractivity contribution >= 4 is 17.5 Å². The summed E-state index contributed by atoms with van der Waals surface area (Å²) in [6.07, 6.45) is 8.51. The van der Waals surface area contributed by atoms with E-state index in [1.165, 1.54) is 49.6 Å². The van der Waals surface area contributed by atoms with E-state index in [1.54, 1.807) is 0 Å². The SMILES string of the molecule is Cc1cc(C(=O)CSc2nnnn2C2CCCCC2)c(C)n1C1CC1. The lowest BCUT2D eigenvalue weighted by atomic mass is 9.96. The molecule has 2 heterocycles. The first kappa shape index (κ1) is 16.8. The summed E-state index contributed by atoms with van der Waals surface area (Å²) in [5.74, 6) is 0.561. The fourth-order valence-electron chi connectivity index (χ4n) is 4.00. The second kappa shape index (κ2) is 6.94. The Labute approximate surface area is 152 Å². The summed E-state index contributed by atoms with van der Waals surface area (Å²) in [6, 6.07) is 3.04. The van der Waals surface area contributed by atoms with Crippen molar-refractivity contribution in [3.05, 3.63) is 23.0 Å². The maximum Gasteiger partial charge on any atom is 0.210 e. The number of aryl methyl sites for hydroxylation is 1. The molecule has 4 rings (SSSR count). The van der Waals surface area contributed by atoms with Crippen molar-refractivity contribution in [2.75, 3.05) is 5.75 Å². The van der Waals surface area contributed by atoms with Gasteiger partial charge >= 0.3 is 0 Å². The molecule has 0 atom stereocenters. The van der Waals surface area contributed by atoms with E-state index in [1.807, 2.05) is 10.7 Å². The van der Waals surface area contributed by atoms with Crippen molar-refractivity contribution in [1.82, 2.24) is 24.8 Å². The van der Waals surface area contributed by atoms with Crippen LogP contribution in [0.3, 0.4) is 0 Å². The average Bonchev–Trinajstić information content (AvgIpc) is 3.25. The lowest BCUT2D eigenvalue weighted by Crippen LogP contribution is -2.16. The van der Waals surface area contributed by atoms with E-state index in [0.29, 0.717) is 17.8 Å². The molecule has 0 amide bonds. The monoisotopic (exact) mass is 359 g/mol. The molecule has 2 aromatic rings. The highest BCUT2D eigenvalue weighted by atomic mass is 32.2. The number of Topliss-reactive ketones (excluding diaryl/α,β-unsaturated/α-hetero) is 1. The van der Waals surface area contributed by atoms with E-state index in [4.69, 9.17) is 0 Å². The molecule has 0 aliphatic heterocycles. The normalized spacial score (nSPS) is 18.6. The lowest BCUT2D eigenvalue weighted by Gasteiger charge is -2.21. The quantitative estimate of drug-likeness (QED) is 0.578. The van der Waals surface area contributed by atoms with Gasteiger partial charge in [0, 0.05) is 23.0 Å². The molecule has 0 aromatic carbocycles. The molecule has 0 N–H and O–H groups in total. The maximum absolute atomic E-state index is 12.7. The summed E-state index contributed by atoms with van der Waals surface area (Å²) in [5.41, 5.74) is 3.16. The summed E-state index contributed by atoms with van der Waals surface area (Å²) in [6.45, 7) is 4.16. The van der Waals surface area contributed by atoms with Gasteiger partial charge in [-0.15, -0.1) is 5.10 Å². The Balaban J connectivity index is 1.44. The molecule has 0 bridgehead atoms. The minimum atomic E-state index is 0.170. The zero-order valence-electron chi connectivity index (χ0n) is 14.9. The van der Waals surface area contributed by atoms with E-state index >= 15 is 0 Å². The third-order valence-electron chi connectivity index (χ3n) is 5.41. The average molecular weight is 359 g/mol. The summed E-state index contributed by atoms with van der Waals surface area (Å²) >= 11 is 1.47. The highest BCUT2D eigenvalue weighted by Crippen LogP contribution is 2.38. The zero-order valence-corrected chi connectivity index (χ0v) is 15.8. The Morgan fingerprint density at radius 2 is 1.92 bits per heavy atom. The van der Waals surface area contributed by atoms with E-state index in [-0.39, 0.29) is 5.78 Å². The van der Waals surface area contributed by atoms with E-state index in [9.17, 15) is 4.79 Å². The number of thioether (sulfide) groups is 1. The van der Waals surface area contributed by atoms with Crippen molar-refractivity contribution in [3.8, 4) is 0 Å². The van der Waals surface area contributed by atoms with Gasteiger partial charge in [0.25, 0.3) is 0 Å². The number of rotatable bonds is 6. The number of tetrazole rings is 1. The number of carbonyl (C=O) groups excluding carboxylic acids is 1. The van der Waals surface area contributed by atoms with Gasteiger partial charge in [0.2, 0.25) is 5.16 Å². The van der Waals surface area contributed by atoms with Crippen LogP contribution in [0.5, 0.6) is 0 Å². The molecule has 6 nitrogen and oxygen atoms in total. The summed E-state index contributed by atoms with van der Waals surface area (Å²) in [7, 11) is 0. The Hall–Kier alpha value is -1.63. The van der Waals surface area contributed by atoms with Gasteiger partial charge in [-0.05, 0) is 56.0 Å². The number of carbonyl (C=O) groups is 1. The largest absolute Gasteiger partial charge is 0.345 e. The molecule has 134 valence electrons. The van der Waals surface area contributed by atoms with Gasteiger partial charge in [-0.25, -0.2) is 4.68 Å². The predicted molar refractivity (Wildman–Crippen MR) is 97.2 cm³/mol. The van der Waals surface area contributed by atoms with Gasteiger partial charge in [-0.1, -0.05) is 31.0 Å². The number of hydrogen-bond acceptors (Lipinski definition) is 5. The van der Waals surface area contributed by atoms with Crippen molar-refractivity contribution in [2.24, 2.45) is 0 Å². The molecule has 2 aliphatic carbocycles. The first-order valence-electron chi connectivity index (χ1n) is 9.27. The molecule has 7 heteroatoms. The standard InChI is InChI=1S/C18H25N5OS/c1-12-10-16(13(2)22(12)14-8-9-14)17(24)11-25-18-19-20-21-23(18)15-6-4-3-5-7-15/h10,14-15H,3-9,11H2,1-2H3. The summed E-state index contributed by atoms with van der Waals surface area (Å²) < 4.78 is 4.26. The summed E-state index contributed by atoms with van der Waals surface area (Å²) in [4.78, 5) is 12.7. The van der Waals surface area contributed by atoms with E-state index in [2.05, 4.69) is 33.9 Å². The van der Waals surface area contributed by atoms with Crippen LogP contribution in [0.15, 0.2) is 11.2 Å². The van der Waals surface area contributed by atoms with Gasteiger partial charge in [0.15, 0.2) is 5.78 Å². The van der Waals surface area contributed by atoms with Crippen LogP contribution in [-0.2, 0) is 0 Å². The van der Waals surface area contributed by atoms with Crippen LogP contribution in [0, 0.1) is 13.8 Å². The predicted octanol–water partition coefficient (Wildman–Crippen LogP) is 3.91. The van der Waals surface area contributed by atoms with E-state index in [0.717, 1.165) is 29.3 Å². The number of nitrogens with zero attached hydrogens (tertiary/aromatic N) is 5. The molecule has 2 aliphatic rings.